The average Bonchev–Trinajstić information content (AvgIpc) is 3.02. The molecule has 29 heavy (non-hydrogen) atoms. The molecule has 0 radical (unpaired) electrons. The van der Waals surface area contributed by atoms with Crippen molar-refractivity contribution in [1.29, 1.82) is 0 Å². The maximum Gasteiger partial charge on any atom is 0.292 e. The molecule has 3 N–H and O–H groups in total. The molecule has 1 atom stereocenters. The molecule has 0 aromatic heterocycles. The molecule has 2 aliphatic heterocycles. The molecule has 2 aliphatic rings. The van der Waals surface area contributed by atoms with Crippen molar-refractivity contribution >= 4 is 23.4 Å². The zero-order chi connectivity index (χ0) is 20.8. The zero-order valence-electron chi connectivity index (χ0n) is 17.2. The highest BCUT2D eigenvalue weighted by Gasteiger charge is 2.46. The maximum atomic E-state index is 12.9. The van der Waals surface area contributed by atoms with Crippen molar-refractivity contribution in [3.8, 4) is 5.75 Å². The number of rotatable bonds is 9. The maximum absolute atomic E-state index is 12.9. The summed E-state index contributed by atoms with van der Waals surface area (Å²) in [6.07, 6.45) is 6.15. The normalized spacial score (nSPS) is 24.7. The van der Waals surface area contributed by atoms with Crippen LogP contribution in [0.2, 0.25) is 0 Å². The van der Waals surface area contributed by atoms with Gasteiger partial charge in [0.2, 0.25) is 11.8 Å². The lowest BCUT2D eigenvalue weighted by Crippen LogP contribution is -3.17. The lowest BCUT2D eigenvalue weighted by atomic mass is 9.95. The average molecular weight is 403 g/mol. The minimum Gasteiger partial charge on any atom is -0.494 e. The van der Waals surface area contributed by atoms with Crippen molar-refractivity contribution in [2.75, 3.05) is 24.6 Å². The van der Waals surface area contributed by atoms with E-state index < -0.39 is 0 Å². The van der Waals surface area contributed by atoms with Gasteiger partial charge in [-0.3, -0.25) is 14.4 Å². The van der Waals surface area contributed by atoms with E-state index >= 15 is 0 Å². The number of likely N-dealkylation sites (tertiary alicyclic amines) is 1. The molecule has 158 valence electrons. The van der Waals surface area contributed by atoms with E-state index in [1.807, 2.05) is 12.1 Å². The number of imide groups is 1. The Balaban J connectivity index is 1.56. The molecule has 1 aromatic rings. The first-order valence-corrected chi connectivity index (χ1v) is 10.7. The van der Waals surface area contributed by atoms with Crippen LogP contribution in [0.3, 0.4) is 0 Å². The number of carbonyl (C=O) groups is 3. The largest absolute Gasteiger partial charge is 0.494 e. The van der Waals surface area contributed by atoms with Crippen LogP contribution in [0.15, 0.2) is 24.3 Å². The Morgan fingerprint density at radius 1 is 1.14 bits per heavy atom. The Bertz CT molecular complexity index is 726. The fourth-order valence-electron chi connectivity index (χ4n) is 4.25. The van der Waals surface area contributed by atoms with E-state index in [-0.39, 0.29) is 36.1 Å². The van der Waals surface area contributed by atoms with E-state index in [2.05, 4.69) is 6.92 Å². The van der Waals surface area contributed by atoms with Gasteiger partial charge in [-0.05, 0) is 30.7 Å². The first-order chi connectivity index (χ1) is 14.0. The van der Waals surface area contributed by atoms with Gasteiger partial charge in [0.1, 0.15) is 5.75 Å². The first kappa shape index (κ1) is 21.3. The number of nitrogens with two attached hydrogens (primary N) is 1. The lowest BCUT2D eigenvalue weighted by Gasteiger charge is -2.30. The van der Waals surface area contributed by atoms with Gasteiger partial charge in [-0.15, -0.1) is 0 Å². The molecule has 7 nitrogen and oxygen atoms in total. The van der Waals surface area contributed by atoms with Crippen LogP contribution in [0.4, 0.5) is 5.69 Å². The second kappa shape index (κ2) is 9.87. The number of anilines is 1. The SMILES string of the molecule is CCCCCCOc1ccc(N2C(=O)C[C@H]([NH+]3CCC(C(N)=O)CC3)C2=O)cc1. The summed E-state index contributed by atoms with van der Waals surface area (Å²) >= 11 is 0. The summed E-state index contributed by atoms with van der Waals surface area (Å²) in [5.74, 6) is 0.0392. The number of hydrogen-bond acceptors (Lipinski definition) is 4. The molecule has 7 heteroatoms. The van der Waals surface area contributed by atoms with Gasteiger partial charge in [-0.2, -0.15) is 0 Å². The van der Waals surface area contributed by atoms with Crippen LogP contribution in [0.5, 0.6) is 5.75 Å². The standard InChI is InChI=1S/C22H31N3O4/c1-2-3-4-5-14-29-18-8-6-17(7-9-18)25-20(26)15-19(22(25)28)24-12-10-16(11-13-24)21(23)27/h6-9,16,19H,2-5,10-15H2,1H3,(H2,23,27)/p+1/t19-/m0/s1. The van der Waals surface area contributed by atoms with Gasteiger partial charge in [-0.25, -0.2) is 4.90 Å². The summed E-state index contributed by atoms with van der Waals surface area (Å²) in [6.45, 7) is 4.23. The fraction of sp³-hybridized carbons (Fsp3) is 0.591. The van der Waals surface area contributed by atoms with E-state index in [1.54, 1.807) is 12.1 Å². The van der Waals surface area contributed by atoms with Crippen molar-refractivity contribution in [1.82, 2.24) is 0 Å². The molecular formula is C22H32N3O4+. The number of primary amides is 1. The number of carbonyl (C=O) groups excluding carboxylic acids is 3. The number of ether oxygens (including phenoxy) is 1. The third kappa shape index (κ3) is 5.15. The number of quaternary nitrogens is 1. The van der Waals surface area contributed by atoms with Crippen LogP contribution in [0, 0.1) is 5.92 Å². The Hall–Kier alpha value is -2.41. The Morgan fingerprint density at radius 2 is 1.83 bits per heavy atom. The Morgan fingerprint density at radius 3 is 2.45 bits per heavy atom. The van der Waals surface area contributed by atoms with Crippen molar-refractivity contribution in [2.24, 2.45) is 11.7 Å². The lowest BCUT2D eigenvalue weighted by molar-refractivity contribution is -0.920. The third-order valence-electron chi connectivity index (χ3n) is 6.03. The van der Waals surface area contributed by atoms with Gasteiger partial charge in [0.15, 0.2) is 6.04 Å². The third-order valence-corrected chi connectivity index (χ3v) is 6.03. The summed E-state index contributed by atoms with van der Waals surface area (Å²) in [7, 11) is 0. The zero-order valence-corrected chi connectivity index (χ0v) is 17.2. The van der Waals surface area contributed by atoms with Crippen molar-refractivity contribution in [3.63, 3.8) is 0 Å². The van der Waals surface area contributed by atoms with Gasteiger partial charge in [0.05, 0.1) is 31.8 Å². The molecule has 3 amide bonds. The summed E-state index contributed by atoms with van der Waals surface area (Å²) in [6, 6.07) is 6.80. The Labute approximate surface area is 172 Å². The minimum absolute atomic E-state index is 0.114. The number of hydrogen-bond donors (Lipinski definition) is 2. The molecule has 0 unspecified atom stereocenters. The monoisotopic (exact) mass is 402 g/mol. The van der Waals surface area contributed by atoms with Gasteiger partial charge in [0.25, 0.3) is 5.91 Å². The van der Waals surface area contributed by atoms with E-state index in [0.717, 1.165) is 23.5 Å². The molecule has 2 saturated heterocycles. The van der Waals surface area contributed by atoms with Crippen LogP contribution in [0.25, 0.3) is 0 Å². The quantitative estimate of drug-likeness (QED) is 0.477. The number of nitrogens with one attached hydrogen (secondary N) is 1. The summed E-state index contributed by atoms with van der Waals surface area (Å²) in [5, 5.41) is 0. The molecule has 0 bridgehead atoms. The van der Waals surface area contributed by atoms with E-state index in [1.165, 1.54) is 17.7 Å². The first-order valence-electron chi connectivity index (χ1n) is 10.7. The summed E-state index contributed by atoms with van der Waals surface area (Å²) in [4.78, 5) is 39.2. The highest BCUT2D eigenvalue weighted by atomic mass is 16.5. The molecule has 2 heterocycles. The van der Waals surface area contributed by atoms with Crippen molar-refractivity contribution < 1.29 is 24.0 Å². The highest BCUT2D eigenvalue weighted by molar-refractivity contribution is 6.21. The second-order valence-corrected chi connectivity index (χ2v) is 8.06. The van der Waals surface area contributed by atoms with Crippen LogP contribution >= 0.6 is 0 Å². The number of amides is 3. The van der Waals surface area contributed by atoms with Crippen LogP contribution in [-0.2, 0) is 14.4 Å². The number of benzene rings is 1. The van der Waals surface area contributed by atoms with Gasteiger partial charge in [0, 0.05) is 18.8 Å². The Kier molecular flexibility index (Phi) is 7.25. The van der Waals surface area contributed by atoms with Crippen molar-refractivity contribution in [2.45, 2.75) is 57.9 Å². The number of nitrogens with zero attached hydrogens (tertiary/aromatic N) is 1. The van der Waals surface area contributed by atoms with Gasteiger partial charge < -0.3 is 15.4 Å². The predicted octanol–water partition coefficient (Wildman–Crippen LogP) is 1.06. The molecule has 3 rings (SSSR count). The predicted molar refractivity (Wildman–Crippen MR) is 110 cm³/mol. The number of piperidine rings is 1. The minimum atomic E-state index is -0.370. The van der Waals surface area contributed by atoms with E-state index in [0.29, 0.717) is 38.2 Å². The van der Waals surface area contributed by atoms with Gasteiger partial charge >= 0.3 is 0 Å². The summed E-state index contributed by atoms with van der Waals surface area (Å²) in [5.41, 5.74) is 5.98. The van der Waals surface area contributed by atoms with Crippen LogP contribution in [0.1, 0.15) is 51.9 Å². The van der Waals surface area contributed by atoms with Crippen molar-refractivity contribution in [3.05, 3.63) is 24.3 Å². The van der Waals surface area contributed by atoms with E-state index in [4.69, 9.17) is 10.5 Å². The molecule has 2 fully saturated rings. The summed E-state index contributed by atoms with van der Waals surface area (Å²) < 4.78 is 5.74. The van der Waals surface area contributed by atoms with E-state index in [9.17, 15) is 14.4 Å². The molecular weight excluding hydrogens is 370 g/mol. The second-order valence-electron chi connectivity index (χ2n) is 8.06. The topological polar surface area (TPSA) is 94.1 Å². The van der Waals surface area contributed by atoms with Crippen LogP contribution in [-0.4, -0.2) is 43.5 Å². The molecule has 0 saturated carbocycles. The fourth-order valence-corrected chi connectivity index (χ4v) is 4.25. The van der Waals surface area contributed by atoms with Crippen LogP contribution < -0.4 is 20.3 Å². The highest BCUT2D eigenvalue weighted by Crippen LogP contribution is 2.25. The molecule has 0 aliphatic carbocycles. The molecule has 1 aromatic carbocycles. The smallest absolute Gasteiger partial charge is 0.292 e. The number of unbranched alkanes of at least 4 members (excludes halogenated alkanes) is 3. The molecule has 0 spiro atoms. The van der Waals surface area contributed by atoms with Gasteiger partial charge in [-0.1, -0.05) is 26.2 Å².